The summed E-state index contributed by atoms with van der Waals surface area (Å²) in [6, 6.07) is -10.4. The number of carboxylic acids is 3. The highest BCUT2D eigenvalue weighted by atomic mass is 32.2. The summed E-state index contributed by atoms with van der Waals surface area (Å²) in [6.45, 7) is 11.1. The summed E-state index contributed by atoms with van der Waals surface area (Å²) in [4.78, 5) is 211. The molecule has 2 rings (SSSR count). The molecule has 39 heteroatoms. The molecule has 0 spiro atoms. The number of thioether (sulfide) groups is 1. The topological polar surface area (TPSA) is 606 Å². The molecule has 11 amide bonds. The quantitative estimate of drug-likeness (QED) is 0.0136. The van der Waals surface area contributed by atoms with Gasteiger partial charge < -0.3 is 111 Å². The number of guanidine groups is 1. The fourth-order valence-corrected chi connectivity index (χ4v) is 13.7. The molecular weight excluding hydrogens is 1560 g/mol. The Balaban J connectivity index is 2.63. The smallest absolute Gasteiger partial charge is 0.328 e. The van der Waals surface area contributed by atoms with Gasteiger partial charge in [0.15, 0.2) is 12.0 Å². The number of aliphatic hydroxyl groups excluding tert-OH is 2. The molecule has 1 aromatic rings. The van der Waals surface area contributed by atoms with Crippen LogP contribution in [-0.4, -0.2) is 253 Å². The van der Waals surface area contributed by atoms with Gasteiger partial charge in [0.2, 0.25) is 65.0 Å². The summed E-state index contributed by atoms with van der Waals surface area (Å²) in [7, 11) is 0. The van der Waals surface area contributed by atoms with E-state index in [9.17, 15) is 87.9 Å². The van der Waals surface area contributed by atoms with E-state index in [-0.39, 0.29) is 107 Å². The maximum absolute atomic E-state index is 15.1. The number of aliphatic hydroxyl groups is 2. The highest BCUT2D eigenvalue weighted by Crippen LogP contribution is 2.22. The lowest BCUT2D eigenvalue weighted by atomic mass is 10.0. The number of unbranched alkanes of at least 4 members (excludes halogenated alkanes) is 13. The van der Waals surface area contributed by atoms with Crippen LogP contribution in [0.25, 0.3) is 0 Å². The second kappa shape index (κ2) is 58.0. The molecule has 0 aliphatic carbocycles. The Morgan fingerprint density at radius 2 is 1.04 bits per heavy atom. The summed E-state index contributed by atoms with van der Waals surface area (Å²) >= 11 is 5.36. The third-order valence-electron chi connectivity index (χ3n) is 19.4. The first-order chi connectivity index (χ1) is 55.5. The van der Waals surface area contributed by atoms with Crippen LogP contribution in [0.2, 0.25) is 0 Å². The Bertz CT molecular complexity index is 3340. The SMILES string of the molecule is CCCCCCCCCCCCCCCC(=O)OCCSC[C@H](NC(=O)[C@H](CC(C)C)NC(=O)[C@H](Cc1ccccc1)NC(=O)[C@H](CS)NC(=O)[C@H](CC(=O)O)NC(=O)[C@@H](N)C(C)C)C(=O)N[C@@H](CCCN=C(N)N)C(=O)N1CCC[C@H]1C(=O)N[C@H](C(=O)N[C@@H](CCC(=O)O)C(=O)N[C@@H](CCCCN)C(=O)N[C@H](C(=O)O)[C@@H](C)O)[C@@H](C)O. The molecule has 1 aliphatic rings. The van der Waals surface area contributed by atoms with Gasteiger partial charge in [0, 0.05) is 49.6 Å². The molecule has 0 saturated carbocycles. The van der Waals surface area contributed by atoms with Crippen LogP contribution in [-0.2, 0) is 83.1 Å². The van der Waals surface area contributed by atoms with Gasteiger partial charge in [-0.3, -0.25) is 72.1 Å². The first-order valence-corrected chi connectivity index (χ1v) is 42.5. The predicted octanol–water partition coefficient (Wildman–Crippen LogP) is 0.153. The molecule has 0 unspecified atom stereocenters. The van der Waals surface area contributed by atoms with E-state index >= 15 is 9.59 Å². The van der Waals surface area contributed by atoms with E-state index in [1.807, 2.05) is 0 Å². The fraction of sp³-hybridized carbons (Fsp3) is 0.718. The van der Waals surface area contributed by atoms with E-state index in [0.29, 0.717) is 18.4 Å². The number of amides is 11. The van der Waals surface area contributed by atoms with Crippen LogP contribution in [0, 0.1) is 11.8 Å². The number of likely N-dealkylation sites (tertiary alicyclic amines) is 1. The van der Waals surface area contributed by atoms with Crippen LogP contribution in [0.1, 0.15) is 215 Å². The maximum Gasteiger partial charge on any atom is 0.328 e. The molecule has 1 aliphatic heterocycles. The van der Waals surface area contributed by atoms with Gasteiger partial charge in [0.05, 0.1) is 24.7 Å². The molecule has 23 N–H and O–H groups in total. The average Bonchev–Trinajstić information content (AvgIpc) is 1.68. The minimum Gasteiger partial charge on any atom is -0.481 e. The number of hydrogen-bond acceptors (Lipinski definition) is 23. The summed E-state index contributed by atoms with van der Waals surface area (Å²) in [6.07, 6.45) is 9.30. The number of aliphatic carboxylic acids is 3. The Morgan fingerprint density at radius 3 is 1.60 bits per heavy atom. The van der Waals surface area contributed by atoms with Crippen molar-refractivity contribution in [1.29, 1.82) is 0 Å². The van der Waals surface area contributed by atoms with Gasteiger partial charge >= 0.3 is 23.9 Å². The molecular formula is C78H132N16O21S2. The van der Waals surface area contributed by atoms with Crippen molar-refractivity contribution in [2.75, 3.05) is 43.5 Å². The van der Waals surface area contributed by atoms with Crippen molar-refractivity contribution in [2.45, 2.75) is 300 Å². The van der Waals surface area contributed by atoms with Crippen molar-refractivity contribution in [3.63, 3.8) is 0 Å². The van der Waals surface area contributed by atoms with Crippen LogP contribution in [0.5, 0.6) is 0 Å². The number of esters is 1. The minimum atomic E-state index is -1.90. The zero-order chi connectivity index (χ0) is 87.7. The molecule has 0 aromatic heterocycles. The van der Waals surface area contributed by atoms with Gasteiger partial charge in [-0.05, 0) is 102 Å². The van der Waals surface area contributed by atoms with Crippen molar-refractivity contribution >= 4 is 119 Å². The lowest BCUT2D eigenvalue weighted by Crippen LogP contribution is -2.62. The van der Waals surface area contributed by atoms with Gasteiger partial charge in [-0.25, -0.2) is 4.79 Å². The number of benzene rings is 1. The monoisotopic (exact) mass is 1690 g/mol. The van der Waals surface area contributed by atoms with Gasteiger partial charge in [-0.15, -0.1) is 0 Å². The number of hydrogen-bond donors (Lipinski definition) is 20. The highest BCUT2D eigenvalue weighted by molar-refractivity contribution is 7.99. The molecule has 1 heterocycles. The number of nitrogens with one attached hydrogen (secondary N) is 10. The fourth-order valence-electron chi connectivity index (χ4n) is 12.6. The Hall–Kier alpha value is -8.92. The van der Waals surface area contributed by atoms with E-state index in [0.717, 1.165) is 56.2 Å². The van der Waals surface area contributed by atoms with E-state index in [4.69, 9.17) is 27.7 Å². The second-order valence-corrected chi connectivity index (χ2v) is 31.8. The van der Waals surface area contributed by atoms with E-state index in [1.54, 1.807) is 58.0 Å². The number of carbonyl (C=O) groups excluding carboxylic acids is 12. The number of rotatable bonds is 62. The molecule has 0 bridgehead atoms. The van der Waals surface area contributed by atoms with Gasteiger partial charge in [-0.2, -0.15) is 24.4 Å². The normalized spacial score (nSPS) is 15.9. The molecule has 662 valence electrons. The number of carbonyl (C=O) groups is 15. The largest absolute Gasteiger partial charge is 0.481 e. The molecule has 1 aromatic carbocycles. The van der Waals surface area contributed by atoms with Crippen molar-refractivity contribution < 1.29 is 102 Å². The van der Waals surface area contributed by atoms with Crippen molar-refractivity contribution in [3.05, 3.63) is 35.9 Å². The van der Waals surface area contributed by atoms with Crippen molar-refractivity contribution in [3.8, 4) is 0 Å². The number of nitrogens with zero attached hydrogens (tertiary/aromatic N) is 2. The highest BCUT2D eigenvalue weighted by Gasteiger charge is 2.42. The van der Waals surface area contributed by atoms with Gasteiger partial charge in [0.25, 0.3) is 0 Å². The van der Waals surface area contributed by atoms with Crippen LogP contribution < -0.4 is 76.1 Å². The first-order valence-electron chi connectivity index (χ1n) is 40.7. The predicted molar refractivity (Wildman–Crippen MR) is 442 cm³/mol. The molecule has 117 heavy (non-hydrogen) atoms. The average molecular weight is 1690 g/mol. The summed E-state index contributed by atoms with van der Waals surface area (Å²) in [5.41, 5.74) is 23.5. The van der Waals surface area contributed by atoms with E-state index in [1.165, 1.54) is 51.4 Å². The number of aliphatic imine (C=N–C) groups is 1. The lowest BCUT2D eigenvalue weighted by Gasteiger charge is -2.31. The number of carboxylic acid groups (broad SMARTS) is 3. The Morgan fingerprint density at radius 1 is 0.547 bits per heavy atom. The molecule has 37 nitrogen and oxygen atoms in total. The Kier molecular flexibility index (Phi) is 51.7. The molecule has 0 radical (unpaired) electrons. The van der Waals surface area contributed by atoms with E-state index in [2.05, 4.69) is 77.7 Å². The van der Waals surface area contributed by atoms with Crippen molar-refractivity contribution in [2.24, 2.45) is 39.8 Å². The van der Waals surface area contributed by atoms with Crippen LogP contribution in [0.15, 0.2) is 35.3 Å². The van der Waals surface area contributed by atoms with E-state index < -0.39 is 204 Å². The zero-order valence-electron chi connectivity index (χ0n) is 68.8. The third kappa shape index (κ3) is 42.4. The molecule has 1 fully saturated rings. The standard InChI is InChI=1S/C78H132N16O21S2/c1-8-9-10-11-12-13-14-15-16-17-18-19-23-33-62(101)115-39-40-117-45-58(91-68(104)54(41-46(2)3)87-69(105)55(42-50-28-21-20-22-29-50)88-71(107)57(44-116)90-70(106)56(43-61(99)100)89-74(110)63(80)47(4)5)72(108)86-53(31-26-37-83-78(81)82)76(112)94-38-27-32-59(94)73(109)92-64(48(6)95)75(111)85-52(34-35-60(97)98)66(102)84-51(30-24-25-36-79)67(103)93-65(49(7)96)77(113)114/h20-22,28-29,46-49,51-59,63-65,95-96,116H,8-19,23-27,30-45,79-80H2,1-7H3,(H,84,102)(H,85,111)(H,86,108)(H,87,105)(H,88,107)(H,89,110)(H,90,106)(H,91,104)(H,92,109)(H,93,103)(H,97,98)(H,99,100)(H,113,114)(H4,81,82,83)/t48-,49-,51+,52+,53+,54+,55+,56+,57+,58+,59+,63+,64+,65+/m1/s1. The Labute approximate surface area is 695 Å². The minimum absolute atomic E-state index is 0.0296. The van der Waals surface area contributed by atoms with Gasteiger partial charge in [-0.1, -0.05) is 142 Å². The number of ether oxygens (including phenoxy) is 1. The molecule has 1 saturated heterocycles. The second-order valence-electron chi connectivity index (χ2n) is 30.3. The lowest BCUT2D eigenvalue weighted by molar-refractivity contribution is -0.145. The van der Waals surface area contributed by atoms with Crippen LogP contribution in [0.4, 0.5) is 0 Å². The number of nitrogens with two attached hydrogens (primary N) is 4. The summed E-state index contributed by atoms with van der Waals surface area (Å²) < 4.78 is 5.58. The zero-order valence-corrected chi connectivity index (χ0v) is 70.5. The number of thiol groups is 1. The summed E-state index contributed by atoms with van der Waals surface area (Å²) in [5.74, 6) is -17.4. The van der Waals surface area contributed by atoms with Crippen LogP contribution in [0.3, 0.4) is 0 Å². The summed E-state index contributed by atoms with van der Waals surface area (Å²) in [5, 5.41) is 74.9. The van der Waals surface area contributed by atoms with Gasteiger partial charge in [0.1, 0.15) is 67.0 Å². The van der Waals surface area contributed by atoms with Crippen molar-refractivity contribution in [1.82, 2.24) is 58.1 Å². The molecule has 14 atom stereocenters. The maximum atomic E-state index is 15.1. The third-order valence-corrected chi connectivity index (χ3v) is 20.8. The first kappa shape index (κ1) is 104. The van der Waals surface area contributed by atoms with Crippen LogP contribution >= 0.6 is 24.4 Å².